The molecule has 20 heavy (non-hydrogen) atoms. The van der Waals surface area contributed by atoms with Gasteiger partial charge in [-0.15, -0.1) is 0 Å². The van der Waals surface area contributed by atoms with Gasteiger partial charge in [-0.2, -0.15) is 4.72 Å². The van der Waals surface area contributed by atoms with E-state index < -0.39 is 27.8 Å². The molecule has 0 saturated heterocycles. The van der Waals surface area contributed by atoms with E-state index in [1.807, 2.05) is 0 Å². The van der Waals surface area contributed by atoms with E-state index in [-0.39, 0.29) is 0 Å². The van der Waals surface area contributed by atoms with Gasteiger partial charge >= 0.3 is 5.97 Å². The summed E-state index contributed by atoms with van der Waals surface area (Å²) in [5, 5.41) is 8.62. The highest BCUT2D eigenvalue weighted by molar-refractivity contribution is 7.90. The zero-order valence-electron chi connectivity index (χ0n) is 10.4. The highest BCUT2D eigenvalue weighted by atomic mass is 32.2. The average molecular weight is 295 g/mol. The smallest absolute Gasteiger partial charge is 0.320 e. The highest BCUT2D eigenvalue weighted by Gasteiger charge is 2.25. The lowest BCUT2D eigenvalue weighted by Gasteiger charge is -2.16. The molecule has 1 aromatic heterocycles. The minimum Gasteiger partial charge on any atom is -0.480 e. The molecule has 0 saturated carbocycles. The molecule has 1 heterocycles. The molecule has 2 aromatic rings. The molecule has 0 radical (unpaired) electrons. The van der Waals surface area contributed by atoms with E-state index in [0.717, 1.165) is 0 Å². The molecule has 7 heteroatoms. The molecule has 0 aliphatic carbocycles. The van der Waals surface area contributed by atoms with Crippen molar-refractivity contribution >= 4 is 16.0 Å². The van der Waals surface area contributed by atoms with Crippen LogP contribution in [0.5, 0.6) is 0 Å². The maximum Gasteiger partial charge on any atom is 0.320 e. The Balaban J connectivity index is 2.32. The molecular formula is C13H13NO5S. The fourth-order valence-corrected chi connectivity index (χ4v) is 2.79. The van der Waals surface area contributed by atoms with Gasteiger partial charge in [-0.05, 0) is 17.7 Å². The molecule has 1 aromatic carbocycles. The van der Waals surface area contributed by atoms with Crippen molar-refractivity contribution in [1.29, 1.82) is 0 Å². The molecule has 0 aliphatic heterocycles. The Morgan fingerprint density at radius 2 is 1.90 bits per heavy atom. The first kappa shape index (κ1) is 14.3. The third-order valence-electron chi connectivity index (χ3n) is 2.57. The normalized spacial score (nSPS) is 13.0. The maximum atomic E-state index is 11.8. The van der Waals surface area contributed by atoms with Crippen molar-refractivity contribution in [1.82, 2.24) is 4.72 Å². The van der Waals surface area contributed by atoms with E-state index in [0.29, 0.717) is 11.3 Å². The number of hydrogen-bond donors (Lipinski definition) is 2. The number of carbonyl (C=O) groups is 1. The first-order chi connectivity index (χ1) is 9.48. The summed E-state index contributed by atoms with van der Waals surface area (Å²) in [7, 11) is -3.96. The van der Waals surface area contributed by atoms with Crippen LogP contribution in [-0.4, -0.2) is 25.2 Å². The van der Waals surface area contributed by atoms with Gasteiger partial charge in [-0.1, -0.05) is 30.3 Å². The quantitative estimate of drug-likeness (QED) is 0.839. The van der Waals surface area contributed by atoms with Crippen molar-refractivity contribution in [2.45, 2.75) is 6.04 Å². The lowest BCUT2D eigenvalue weighted by molar-refractivity contribution is -0.134. The first-order valence-corrected chi connectivity index (χ1v) is 7.43. The van der Waals surface area contributed by atoms with Crippen LogP contribution in [0.25, 0.3) is 0 Å². The van der Waals surface area contributed by atoms with Gasteiger partial charge in [0.05, 0.1) is 6.26 Å². The second-order valence-corrected chi connectivity index (χ2v) is 5.88. The molecule has 2 N–H and O–H groups in total. The van der Waals surface area contributed by atoms with Gasteiger partial charge in [0.2, 0.25) is 10.0 Å². The number of benzene rings is 1. The van der Waals surface area contributed by atoms with E-state index in [4.69, 9.17) is 9.52 Å². The summed E-state index contributed by atoms with van der Waals surface area (Å²) in [6, 6.07) is 11.3. The van der Waals surface area contributed by atoms with Crippen LogP contribution in [0.1, 0.15) is 17.4 Å². The summed E-state index contributed by atoms with van der Waals surface area (Å²) in [6.07, 6.45) is 1.43. The third-order valence-corrected chi connectivity index (χ3v) is 3.79. The van der Waals surface area contributed by atoms with Crippen LogP contribution in [-0.2, 0) is 14.8 Å². The van der Waals surface area contributed by atoms with E-state index in [1.54, 1.807) is 42.5 Å². The maximum absolute atomic E-state index is 11.8. The van der Waals surface area contributed by atoms with Gasteiger partial charge < -0.3 is 9.52 Å². The Hall–Kier alpha value is -2.12. The molecule has 106 valence electrons. The second kappa shape index (κ2) is 5.89. The minimum absolute atomic E-state index is 0.394. The van der Waals surface area contributed by atoms with Crippen molar-refractivity contribution in [3.63, 3.8) is 0 Å². The Morgan fingerprint density at radius 1 is 1.20 bits per heavy atom. The van der Waals surface area contributed by atoms with Gasteiger partial charge in [-0.25, -0.2) is 8.42 Å². The lowest BCUT2D eigenvalue weighted by Crippen LogP contribution is -2.33. The molecule has 1 atom stereocenters. The van der Waals surface area contributed by atoms with Crippen molar-refractivity contribution in [3.8, 4) is 0 Å². The van der Waals surface area contributed by atoms with Gasteiger partial charge in [0, 0.05) is 0 Å². The fourth-order valence-electron chi connectivity index (χ4n) is 1.78. The molecule has 0 spiro atoms. The van der Waals surface area contributed by atoms with Crippen molar-refractivity contribution in [3.05, 3.63) is 60.1 Å². The predicted octanol–water partition coefficient (Wildman–Crippen LogP) is 1.37. The summed E-state index contributed by atoms with van der Waals surface area (Å²) >= 11 is 0. The molecule has 0 amide bonds. The Kier molecular flexibility index (Phi) is 4.21. The van der Waals surface area contributed by atoms with E-state index in [2.05, 4.69) is 4.72 Å². The van der Waals surface area contributed by atoms with Crippen LogP contribution in [0, 0.1) is 0 Å². The molecule has 0 bridgehead atoms. The zero-order valence-corrected chi connectivity index (χ0v) is 11.2. The Labute approximate surface area is 116 Å². The fraction of sp³-hybridized carbons (Fsp3) is 0.154. The molecule has 0 fully saturated rings. The topological polar surface area (TPSA) is 96.6 Å². The van der Waals surface area contributed by atoms with E-state index in [9.17, 15) is 13.2 Å². The van der Waals surface area contributed by atoms with Crippen LogP contribution in [0.3, 0.4) is 0 Å². The Morgan fingerprint density at radius 3 is 2.45 bits per heavy atom. The Bertz CT molecular complexity index is 664. The number of sulfonamides is 1. The van der Waals surface area contributed by atoms with Gasteiger partial charge in [0.1, 0.15) is 11.8 Å². The molecule has 6 nitrogen and oxygen atoms in total. The summed E-state index contributed by atoms with van der Waals surface area (Å²) < 4.78 is 31.1. The summed E-state index contributed by atoms with van der Waals surface area (Å²) in [4.78, 5) is 10.6. The average Bonchev–Trinajstić information content (AvgIpc) is 2.89. The molecule has 1 unspecified atom stereocenters. The van der Waals surface area contributed by atoms with Crippen LogP contribution in [0.15, 0.2) is 53.1 Å². The monoisotopic (exact) mass is 295 g/mol. The minimum atomic E-state index is -3.96. The van der Waals surface area contributed by atoms with Crippen LogP contribution in [0.2, 0.25) is 0 Å². The predicted molar refractivity (Wildman–Crippen MR) is 71.6 cm³/mol. The van der Waals surface area contributed by atoms with Crippen molar-refractivity contribution in [2.24, 2.45) is 0 Å². The number of furan rings is 1. The van der Waals surface area contributed by atoms with E-state index >= 15 is 0 Å². The third kappa shape index (κ3) is 3.69. The number of rotatable bonds is 6. The number of nitrogens with one attached hydrogen (secondary N) is 1. The van der Waals surface area contributed by atoms with Gasteiger partial charge in [0.15, 0.2) is 5.75 Å². The number of hydrogen-bond acceptors (Lipinski definition) is 4. The summed E-state index contributed by atoms with van der Waals surface area (Å²) in [5.41, 5.74) is 0.663. The van der Waals surface area contributed by atoms with Gasteiger partial charge in [-0.3, -0.25) is 4.79 Å². The standard InChI is InChI=1S/C13H13NO5S/c15-12(16)9-20(17,18)14-13(11-7-4-8-19-11)10-5-2-1-3-6-10/h1-8,13-14H,9H2,(H,15,16). The molecule has 0 aliphatic rings. The van der Waals surface area contributed by atoms with E-state index in [1.165, 1.54) is 6.26 Å². The van der Waals surface area contributed by atoms with Gasteiger partial charge in [0.25, 0.3) is 0 Å². The SMILES string of the molecule is O=C(O)CS(=O)(=O)NC(c1ccccc1)c1ccco1. The van der Waals surface area contributed by atoms with Crippen LogP contribution in [0.4, 0.5) is 0 Å². The zero-order chi connectivity index (χ0) is 14.6. The molecular weight excluding hydrogens is 282 g/mol. The number of aliphatic carboxylic acids is 1. The van der Waals surface area contributed by atoms with Crippen molar-refractivity contribution in [2.75, 3.05) is 5.75 Å². The van der Waals surface area contributed by atoms with Crippen LogP contribution < -0.4 is 4.72 Å². The van der Waals surface area contributed by atoms with Crippen LogP contribution >= 0.6 is 0 Å². The molecule has 2 rings (SSSR count). The second-order valence-electron chi connectivity index (χ2n) is 4.13. The number of carboxylic acids is 1. The van der Waals surface area contributed by atoms with Crippen molar-refractivity contribution < 1.29 is 22.7 Å². The highest BCUT2D eigenvalue weighted by Crippen LogP contribution is 2.23. The lowest BCUT2D eigenvalue weighted by atomic mass is 10.1. The largest absolute Gasteiger partial charge is 0.480 e. The summed E-state index contributed by atoms with van der Waals surface area (Å²) in [6.45, 7) is 0. The number of carboxylic acid groups (broad SMARTS) is 1. The first-order valence-electron chi connectivity index (χ1n) is 5.78. The summed E-state index contributed by atoms with van der Waals surface area (Å²) in [5.74, 6) is -2.01.